The molecule has 0 amide bonds. The van der Waals surface area contributed by atoms with Gasteiger partial charge in [-0.05, 0) is 43.9 Å². The van der Waals surface area contributed by atoms with Crippen molar-refractivity contribution >= 4 is 43.7 Å². The van der Waals surface area contributed by atoms with E-state index in [0.717, 1.165) is 47.1 Å². The second-order valence-corrected chi connectivity index (χ2v) is 9.59. The second kappa shape index (κ2) is 11.2. The minimum atomic E-state index is -3.94. The molecule has 156 valence electrons. The van der Waals surface area contributed by atoms with Crippen molar-refractivity contribution in [1.29, 1.82) is 0 Å². The molecule has 0 saturated carbocycles. The van der Waals surface area contributed by atoms with Crippen molar-refractivity contribution < 1.29 is 17.8 Å². The Balaban J connectivity index is 0.000000278. The Morgan fingerprint density at radius 3 is 2.52 bits per heavy atom. The Hall–Kier alpha value is -2.11. The average Bonchev–Trinajstić information content (AvgIpc) is 3.37. The summed E-state index contributed by atoms with van der Waals surface area (Å²) < 4.78 is 28.9. The maximum Gasteiger partial charge on any atom is 0.304 e. The quantitative estimate of drug-likeness (QED) is 0.271. The normalized spacial score (nSPS) is 10.9. The first-order valence-electron chi connectivity index (χ1n) is 8.78. The predicted octanol–water partition coefficient (Wildman–Crippen LogP) is 3.70. The first-order valence-corrected chi connectivity index (χ1v) is 11.9. The first-order chi connectivity index (χ1) is 13.8. The van der Waals surface area contributed by atoms with E-state index in [2.05, 4.69) is 15.6 Å². The summed E-state index contributed by atoms with van der Waals surface area (Å²) >= 11 is 2.40. The first kappa shape index (κ1) is 23.2. The fourth-order valence-corrected chi connectivity index (χ4v) is 4.44. The number of anilines is 1. The maximum atomic E-state index is 12.4. The topological polar surface area (TPSA) is 108 Å². The van der Waals surface area contributed by atoms with Crippen molar-refractivity contribution in [1.82, 2.24) is 10.3 Å². The van der Waals surface area contributed by atoms with Crippen LogP contribution in [0, 0.1) is 6.92 Å². The van der Waals surface area contributed by atoms with Gasteiger partial charge < -0.3 is 10.6 Å². The van der Waals surface area contributed by atoms with E-state index in [9.17, 15) is 13.2 Å². The molecule has 0 aliphatic rings. The van der Waals surface area contributed by atoms with E-state index in [1.807, 2.05) is 38.2 Å². The van der Waals surface area contributed by atoms with Crippen molar-refractivity contribution in [3.05, 3.63) is 64.0 Å². The zero-order valence-corrected chi connectivity index (χ0v) is 18.5. The van der Waals surface area contributed by atoms with E-state index in [0.29, 0.717) is 4.88 Å². The van der Waals surface area contributed by atoms with Gasteiger partial charge in [-0.1, -0.05) is 41.7 Å². The third kappa shape index (κ3) is 7.33. The Morgan fingerprint density at radius 1 is 1.17 bits per heavy atom. The lowest BCUT2D eigenvalue weighted by Gasteiger charge is -2.02. The van der Waals surface area contributed by atoms with Gasteiger partial charge in [0.15, 0.2) is 5.13 Å². The summed E-state index contributed by atoms with van der Waals surface area (Å²) in [7, 11) is -2.01. The molecule has 0 unspecified atom stereocenters. The summed E-state index contributed by atoms with van der Waals surface area (Å²) in [6, 6.07) is 10.5. The molecule has 0 bridgehead atoms. The van der Waals surface area contributed by atoms with Gasteiger partial charge in [0.25, 0.3) is 0 Å². The second-order valence-electron chi connectivity index (χ2n) is 5.96. The summed E-state index contributed by atoms with van der Waals surface area (Å²) in [6.45, 7) is 3.77. The summed E-state index contributed by atoms with van der Waals surface area (Å²) in [5.41, 5.74) is 1.74. The molecule has 0 spiro atoms. The molecule has 29 heavy (non-hydrogen) atoms. The van der Waals surface area contributed by atoms with Gasteiger partial charge in [0.05, 0.1) is 11.1 Å². The predicted molar refractivity (Wildman–Crippen MR) is 118 cm³/mol. The number of thiophene rings is 1. The van der Waals surface area contributed by atoms with Crippen LogP contribution in [0.15, 0.2) is 52.2 Å². The lowest BCUT2D eigenvalue weighted by Crippen LogP contribution is -2.12. The van der Waals surface area contributed by atoms with Crippen molar-refractivity contribution in [2.45, 2.75) is 17.6 Å². The zero-order valence-electron chi connectivity index (χ0n) is 16.1. The fourth-order valence-electron chi connectivity index (χ4n) is 2.29. The molecule has 3 aromatic rings. The molecule has 0 radical (unpaired) electrons. The minimum Gasteiger partial charge on any atom is -0.361 e. The average molecular weight is 454 g/mol. The van der Waals surface area contributed by atoms with Crippen LogP contribution in [0.5, 0.6) is 0 Å². The number of aromatic nitrogens is 1. The van der Waals surface area contributed by atoms with Crippen molar-refractivity contribution in [2.75, 3.05) is 25.5 Å². The number of nitrogens with zero attached hydrogens (tertiary/aromatic N) is 1. The molecule has 2 aromatic heterocycles. The van der Waals surface area contributed by atoms with Gasteiger partial charge in [0, 0.05) is 12.1 Å². The highest BCUT2D eigenvalue weighted by atomic mass is 32.3. The minimum absolute atomic E-state index is 0.0116. The molecule has 3 N–H and O–H groups in total. The lowest BCUT2D eigenvalue weighted by molar-refractivity contribution is 0.104. The van der Waals surface area contributed by atoms with Crippen molar-refractivity contribution in [3.8, 4) is 0 Å². The highest BCUT2D eigenvalue weighted by molar-refractivity contribution is 7.88. The summed E-state index contributed by atoms with van der Waals surface area (Å²) in [5, 5.41) is 8.72. The van der Waals surface area contributed by atoms with Gasteiger partial charge in [-0.15, -0.1) is 11.3 Å². The number of carbonyl (C=O) groups excluding carboxylic acids is 1. The Labute approximate surface area is 178 Å². The summed E-state index contributed by atoms with van der Waals surface area (Å²) in [5.74, 6) is 0.0453. The molecule has 0 fully saturated rings. The van der Waals surface area contributed by atoms with Gasteiger partial charge in [-0.3, -0.25) is 9.35 Å². The van der Waals surface area contributed by atoms with E-state index >= 15 is 0 Å². The molecule has 2 heterocycles. The number of aryl methyl sites for hydroxylation is 1. The van der Waals surface area contributed by atoms with Gasteiger partial charge >= 0.3 is 10.1 Å². The van der Waals surface area contributed by atoms with Gasteiger partial charge in [-0.2, -0.15) is 8.42 Å². The summed E-state index contributed by atoms with van der Waals surface area (Å²) in [6.07, 6.45) is 2.68. The van der Waals surface area contributed by atoms with E-state index in [1.165, 1.54) is 17.4 Å². The number of hydrogen-bond donors (Lipinski definition) is 3. The number of carbonyl (C=O) groups is 1. The standard InChI is InChI=1S/C15H19N3OS.C4H4O3S2/c1-11-6-3-4-7-12(11)14(19)13-10-18-15(20-13)17-9-5-8-16-2;5-9(6,7)4-2-1-3-8-4/h3-4,6-7,10,16H,5,8-9H2,1-2H3,(H,17,18);1-3H,(H,5,6,7). The molecule has 0 aliphatic carbocycles. The molecule has 3 rings (SSSR count). The van der Waals surface area contributed by atoms with Crippen LogP contribution in [0.25, 0.3) is 0 Å². The molecule has 0 aliphatic heterocycles. The third-order valence-corrected chi connectivity index (χ3v) is 6.93. The summed E-state index contributed by atoms with van der Waals surface area (Å²) in [4.78, 5) is 17.3. The van der Waals surface area contributed by atoms with Crippen LogP contribution in [0.1, 0.15) is 27.2 Å². The molecule has 1 aromatic carbocycles. The van der Waals surface area contributed by atoms with Crippen LogP contribution in [0.2, 0.25) is 0 Å². The van der Waals surface area contributed by atoms with Crippen LogP contribution in [0.3, 0.4) is 0 Å². The third-order valence-electron chi connectivity index (χ3n) is 3.75. The molecule has 0 atom stereocenters. The Morgan fingerprint density at radius 2 is 1.93 bits per heavy atom. The SMILES string of the molecule is CNCCCNc1ncc(C(=O)c2ccccc2C)s1.O=S(=O)(O)c1cccs1. The zero-order chi connectivity index (χ0) is 21.3. The van der Waals surface area contributed by atoms with E-state index in [1.54, 1.807) is 17.6 Å². The van der Waals surface area contributed by atoms with E-state index in [-0.39, 0.29) is 9.99 Å². The highest BCUT2D eigenvalue weighted by Crippen LogP contribution is 2.22. The van der Waals surface area contributed by atoms with Crippen molar-refractivity contribution in [2.24, 2.45) is 0 Å². The van der Waals surface area contributed by atoms with Crippen LogP contribution in [-0.2, 0) is 10.1 Å². The largest absolute Gasteiger partial charge is 0.361 e. The number of hydrogen-bond acceptors (Lipinski definition) is 8. The van der Waals surface area contributed by atoms with Crippen LogP contribution >= 0.6 is 22.7 Å². The Kier molecular flexibility index (Phi) is 8.93. The number of rotatable bonds is 8. The lowest BCUT2D eigenvalue weighted by atomic mass is 10.0. The van der Waals surface area contributed by atoms with Gasteiger partial charge in [-0.25, -0.2) is 4.98 Å². The molecule has 7 nitrogen and oxygen atoms in total. The van der Waals surface area contributed by atoms with Crippen LogP contribution < -0.4 is 10.6 Å². The van der Waals surface area contributed by atoms with E-state index < -0.39 is 10.1 Å². The molecule has 10 heteroatoms. The number of benzene rings is 1. The molecular formula is C19H23N3O4S3. The van der Waals surface area contributed by atoms with Gasteiger partial charge in [0.1, 0.15) is 4.21 Å². The number of ketones is 1. The number of thiazole rings is 1. The highest BCUT2D eigenvalue weighted by Gasteiger charge is 2.14. The monoisotopic (exact) mass is 453 g/mol. The fraction of sp³-hybridized carbons (Fsp3) is 0.263. The van der Waals surface area contributed by atoms with Crippen LogP contribution in [0.4, 0.5) is 5.13 Å². The number of nitrogens with one attached hydrogen (secondary N) is 2. The van der Waals surface area contributed by atoms with E-state index in [4.69, 9.17) is 4.55 Å². The molecule has 0 saturated heterocycles. The Bertz CT molecular complexity index is 1020. The molecular weight excluding hydrogens is 430 g/mol. The van der Waals surface area contributed by atoms with Gasteiger partial charge in [0.2, 0.25) is 5.78 Å². The van der Waals surface area contributed by atoms with Crippen LogP contribution in [-0.4, -0.2) is 43.9 Å². The smallest absolute Gasteiger partial charge is 0.304 e. The maximum absolute atomic E-state index is 12.4. The van der Waals surface area contributed by atoms with Crippen molar-refractivity contribution in [3.63, 3.8) is 0 Å².